The summed E-state index contributed by atoms with van der Waals surface area (Å²) < 4.78 is 16.1. The van der Waals surface area contributed by atoms with Crippen molar-refractivity contribution in [3.05, 3.63) is 71.0 Å². The summed E-state index contributed by atoms with van der Waals surface area (Å²) in [6, 6.07) is 13.3. The highest BCUT2D eigenvalue weighted by atomic mass is 16.5. The van der Waals surface area contributed by atoms with E-state index in [-0.39, 0.29) is 18.8 Å². The molecular weight excluding hydrogens is 332 g/mol. The van der Waals surface area contributed by atoms with Crippen molar-refractivity contribution in [1.82, 2.24) is 0 Å². The number of carboxylic acid groups (broad SMARTS) is 1. The molecule has 2 aromatic carbocycles. The third-order valence-electron chi connectivity index (χ3n) is 3.87. The Morgan fingerprint density at radius 2 is 1.88 bits per heavy atom. The van der Waals surface area contributed by atoms with Crippen LogP contribution in [0.1, 0.15) is 22.3 Å². The van der Waals surface area contributed by atoms with Crippen LogP contribution in [-0.2, 0) is 20.9 Å². The van der Waals surface area contributed by atoms with Gasteiger partial charge in [0.2, 0.25) is 0 Å². The SMILES string of the molecule is COCCO/C=C(/C(=O)O)c1ccccc1COc1cc(C)ccc1C. The van der Waals surface area contributed by atoms with E-state index in [2.05, 4.69) is 0 Å². The van der Waals surface area contributed by atoms with Gasteiger partial charge in [-0.1, -0.05) is 36.4 Å². The Hall–Kier alpha value is -2.79. The van der Waals surface area contributed by atoms with E-state index in [9.17, 15) is 9.90 Å². The maximum absolute atomic E-state index is 11.7. The summed E-state index contributed by atoms with van der Waals surface area (Å²) in [5, 5.41) is 9.55. The number of ether oxygens (including phenoxy) is 3. The smallest absolute Gasteiger partial charge is 0.339 e. The molecule has 0 bridgehead atoms. The van der Waals surface area contributed by atoms with Crippen LogP contribution in [0.4, 0.5) is 0 Å². The molecule has 0 atom stereocenters. The van der Waals surface area contributed by atoms with Crippen LogP contribution in [0.5, 0.6) is 5.75 Å². The molecule has 5 heteroatoms. The number of carboxylic acids is 1. The van der Waals surface area contributed by atoms with Crippen molar-refractivity contribution in [1.29, 1.82) is 0 Å². The highest BCUT2D eigenvalue weighted by Crippen LogP contribution is 2.24. The Morgan fingerprint density at radius 3 is 2.62 bits per heavy atom. The van der Waals surface area contributed by atoms with Gasteiger partial charge in [0.05, 0.1) is 12.9 Å². The van der Waals surface area contributed by atoms with Crippen molar-refractivity contribution in [2.75, 3.05) is 20.3 Å². The third-order valence-corrected chi connectivity index (χ3v) is 3.87. The number of aliphatic carboxylic acids is 1. The predicted octanol–water partition coefficient (Wildman–Crippen LogP) is 3.97. The van der Waals surface area contributed by atoms with E-state index in [1.54, 1.807) is 19.2 Å². The first-order valence-corrected chi connectivity index (χ1v) is 8.35. The van der Waals surface area contributed by atoms with Crippen molar-refractivity contribution in [3.8, 4) is 5.75 Å². The fourth-order valence-corrected chi connectivity index (χ4v) is 2.43. The molecule has 0 unspecified atom stereocenters. The van der Waals surface area contributed by atoms with Crippen LogP contribution in [0.25, 0.3) is 5.57 Å². The maximum Gasteiger partial charge on any atom is 0.339 e. The second-order valence-corrected chi connectivity index (χ2v) is 5.92. The summed E-state index contributed by atoms with van der Waals surface area (Å²) in [6.45, 7) is 4.92. The summed E-state index contributed by atoms with van der Waals surface area (Å²) in [5.41, 5.74) is 3.57. The summed E-state index contributed by atoms with van der Waals surface area (Å²) in [5.74, 6) is -0.265. The van der Waals surface area contributed by atoms with Crippen molar-refractivity contribution < 1.29 is 24.1 Å². The largest absolute Gasteiger partial charge is 0.498 e. The lowest BCUT2D eigenvalue weighted by Crippen LogP contribution is -2.07. The lowest BCUT2D eigenvalue weighted by atomic mass is 10.0. The van der Waals surface area contributed by atoms with Gasteiger partial charge in [0.25, 0.3) is 0 Å². The molecule has 0 fully saturated rings. The van der Waals surface area contributed by atoms with Crippen LogP contribution in [0.15, 0.2) is 48.7 Å². The highest BCUT2D eigenvalue weighted by molar-refractivity contribution is 6.15. The highest BCUT2D eigenvalue weighted by Gasteiger charge is 2.15. The number of hydrogen-bond donors (Lipinski definition) is 1. The molecule has 0 spiro atoms. The molecular formula is C21H24O5. The summed E-state index contributed by atoms with van der Waals surface area (Å²) >= 11 is 0. The van der Waals surface area contributed by atoms with Crippen LogP contribution in [0.3, 0.4) is 0 Å². The molecule has 0 aliphatic heterocycles. The topological polar surface area (TPSA) is 65.0 Å². The van der Waals surface area contributed by atoms with E-state index in [0.29, 0.717) is 12.2 Å². The van der Waals surface area contributed by atoms with Crippen molar-refractivity contribution in [2.45, 2.75) is 20.5 Å². The van der Waals surface area contributed by atoms with E-state index < -0.39 is 5.97 Å². The van der Waals surface area contributed by atoms with Gasteiger partial charge >= 0.3 is 5.97 Å². The van der Waals surface area contributed by atoms with Crippen molar-refractivity contribution >= 4 is 11.5 Å². The van der Waals surface area contributed by atoms with Crippen LogP contribution >= 0.6 is 0 Å². The van der Waals surface area contributed by atoms with Gasteiger partial charge in [-0.05, 0) is 42.2 Å². The van der Waals surface area contributed by atoms with Gasteiger partial charge in [-0.3, -0.25) is 0 Å². The Labute approximate surface area is 153 Å². The normalized spacial score (nSPS) is 11.3. The van der Waals surface area contributed by atoms with Gasteiger partial charge in [-0.2, -0.15) is 0 Å². The third kappa shape index (κ3) is 5.36. The van der Waals surface area contributed by atoms with E-state index in [1.165, 1.54) is 6.26 Å². The fraction of sp³-hybridized carbons (Fsp3) is 0.286. The summed E-state index contributed by atoms with van der Waals surface area (Å²) in [7, 11) is 1.56. The molecule has 0 aliphatic carbocycles. The number of rotatable bonds is 9. The average molecular weight is 356 g/mol. The Balaban J connectivity index is 2.22. The van der Waals surface area contributed by atoms with Gasteiger partial charge in [0.15, 0.2) is 0 Å². The average Bonchev–Trinajstić information content (AvgIpc) is 2.63. The Kier molecular flexibility index (Phi) is 7.24. The second-order valence-electron chi connectivity index (χ2n) is 5.92. The van der Waals surface area contributed by atoms with Gasteiger partial charge < -0.3 is 19.3 Å². The number of hydrogen-bond acceptors (Lipinski definition) is 4. The molecule has 0 radical (unpaired) electrons. The molecule has 0 aromatic heterocycles. The first-order valence-electron chi connectivity index (χ1n) is 8.35. The van der Waals surface area contributed by atoms with E-state index >= 15 is 0 Å². The van der Waals surface area contributed by atoms with E-state index in [0.717, 1.165) is 22.4 Å². The number of methoxy groups -OCH3 is 1. The van der Waals surface area contributed by atoms with E-state index in [1.807, 2.05) is 44.2 Å². The van der Waals surface area contributed by atoms with Gasteiger partial charge in [-0.25, -0.2) is 4.79 Å². The molecule has 0 heterocycles. The maximum atomic E-state index is 11.7. The lowest BCUT2D eigenvalue weighted by Gasteiger charge is -2.14. The fourth-order valence-electron chi connectivity index (χ4n) is 2.43. The molecule has 26 heavy (non-hydrogen) atoms. The summed E-state index contributed by atoms with van der Waals surface area (Å²) in [4.78, 5) is 11.7. The molecule has 138 valence electrons. The lowest BCUT2D eigenvalue weighted by molar-refractivity contribution is -0.130. The zero-order valence-electron chi connectivity index (χ0n) is 15.3. The molecule has 0 aliphatic rings. The molecule has 0 amide bonds. The minimum absolute atomic E-state index is 0.0845. The van der Waals surface area contributed by atoms with Gasteiger partial charge in [0.1, 0.15) is 24.5 Å². The van der Waals surface area contributed by atoms with Gasteiger partial charge in [0, 0.05) is 7.11 Å². The first-order chi connectivity index (χ1) is 12.5. The number of aryl methyl sites for hydroxylation is 2. The Morgan fingerprint density at radius 1 is 1.12 bits per heavy atom. The molecule has 1 N–H and O–H groups in total. The minimum atomic E-state index is -1.05. The van der Waals surface area contributed by atoms with Crippen LogP contribution in [0.2, 0.25) is 0 Å². The molecule has 0 saturated heterocycles. The van der Waals surface area contributed by atoms with Crippen LogP contribution in [-0.4, -0.2) is 31.4 Å². The quantitative estimate of drug-likeness (QED) is 0.418. The van der Waals surface area contributed by atoms with Crippen molar-refractivity contribution in [2.24, 2.45) is 0 Å². The number of benzene rings is 2. The standard InChI is InChI=1S/C21H24O5/c1-15-8-9-16(2)20(12-15)26-13-17-6-4-5-7-18(17)19(21(22)23)14-25-11-10-24-3/h4-9,12,14H,10-11,13H2,1-3H3,(H,22,23)/b19-14+. The summed E-state index contributed by atoms with van der Waals surface area (Å²) in [6.07, 6.45) is 1.26. The predicted molar refractivity (Wildman–Crippen MR) is 100 cm³/mol. The Bertz CT molecular complexity index is 780. The van der Waals surface area contributed by atoms with Crippen LogP contribution < -0.4 is 4.74 Å². The number of carbonyl (C=O) groups is 1. The zero-order valence-corrected chi connectivity index (χ0v) is 15.3. The molecule has 2 rings (SSSR count). The monoisotopic (exact) mass is 356 g/mol. The van der Waals surface area contributed by atoms with Crippen molar-refractivity contribution in [3.63, 3.8) is 0 Å². The zero-order chi connectivity index (χ0) is 18.9. The first kappa shape index (κ1) is 19.5. The molecule has 0 saturated carbocycles. The molecule has 2 aromatic rings. The van der Waals surface area contributed by atoms with Gasteiger partial charge in [-0.15, -0.1) is 0 Å². The minimum Gasteiger partial charge on any atom is -0.498 e. The van der Waals surface area contributed by atoms with E-state index in [4.69, 9.17) is 14.2 Å². The second kappa shape index (κ2) is 9.63. The van der Waals surface area contributed by atoms with Crippen LogP contribution in [0, 0.1) is 13.8 Å². The molecule has 5 nitrogen and oxygen atoms in total.